The maximum absolute atomic E-state index is 13.0. The van der Waals surface area contributed by atoms with Crippen molar-refractivity contribution < 1.29 is 14.4 Å². The molecule has 0 radical (unpaired) electrons. The number of hydrogen-bond donors (Lipinski definition) is 2. The topological polar surface area (TPSA) is 78.5 Å². The fourth-order valence-corrected chi connectivity index (χ4v) is 3.97. The molecule has 2 N–H and O–H groups in total. The number of piperidine rings is 1. The van der Waals surface area contributed by atoms with Crippen LogP contribution in [0.1, 0.15) is 70.7 Å². The van der Waals surface area contributed by atoms with Crippen LogP contribution in [-0.2, 0) is 9.59 Å². The van der Waals surface area contributed by atoms with Crippen molar-refractivity contribution in [3.8, 4) is 0 Å². The molecule has 1 aliphatic heterocycles. The van der Waals surface area contributed by atoms with Crippen LogP contribution in [0.2, 0.25) is 5.02 Å². The highest BCUT2D eigenvalue weighted by molar-refractivity contribution is 6.33. The van der Waals surface area contributed by atoms with Crippen molar-refractivity contribution in [3.05, 3.63) is 34.9 Å². The Balaban J connectivity index is 2.11. The highest BCUT2D eigenvalue weighted by atomic mass is 35.5. The van der Waals surface area contributed by atoms with Gasteiger partial charge in [0, 0.05) is 25.6 Å². The second-order valence-corrected chi connectivity index (χ2v) is 10.1. The van der Waals surface area contributed by atoms with Gasteiger partial charge in [0.05, 0.1) is 10.6 Å². The van der Waals surface area contributed by atoms with Gasteiger partial charge in [-0.3, -0.25) is 14.4 Å². The Labute approximate surface area is 191 Å². The molecule has 3 amide bonds. The van der Waals surface area contributed by atoms with Gasteiger partial charge in [0.1, 0.15) is 6.04 Å². The number of benzene rings is 1. The van der Waals surface area contributed by atoms with E-state index in [-0.39, 0.29) is 35.1 Å². The fraction of sp³-hybridized carbons (Fsp3) is 0.625. The standard InChI is InChI=1S/C24H36ClN3O3/c1-6-16(2)26-23(31)21(27-22(30)18-9-7-8-10-19(18)25)17-11-13-28(14-12-17)20(29)15-24(3,4)5/h7-10,16-17,21H,6,11-15H2,1-5H3,(H,26,31)(H,27,30). The molecule has 172 valence electrons. The predicted octanol–water partition coefficient (Wildman–Crippen LogP) is 4.03. The van der Waals surface area contributed by atoms with Crippen LogP contribution in [0.25, 0.3) is 0 Å². The van der Waals surface area contributed by atoms with Gasteiger partial charge >= 0.3 is 0 Å². The van der Waals surface area contributed by atoms with Crippen LogP contribution in [0.4, 0.5) is 0 Å². The van der Waals surface area contributed by atoms with Gasteiger partial charge in [-0.15, -0.1) is 0 Å². The van der Waals surface area contributed by atoms with Crippen LogP contribution in [-0.4, -0.2) is 47.8 Å². The van der Waals surface area contributed by atoms with Crippen molar-refractivity contribution in [1.29, 1.82) is 0 Å². The summed E-state index contributed by atoms with van der Waals surface area (Å²) in [6, 6.07) is 6.16. The molecule has 2 unspecified atom stereocenters. The number of nitrogens with zero attached hydrogens (tertiary/aromatic N) is 1. The van der Waals surface area contributed by atoms with Crippen molar-refractivity contribution >= 4 is 29.3 Å². The minimum Gasteiger partial charge on any atom is -0.352 e. The SMILES string of the molecule is CCC(C)NC(=O)C(NC(=O)c1ccccc1Cl)C1CCN(C(=O)CC(C)(C)C)CC1. The Morgan fingerprint density at radius 1 is 1.13 bits per heavy atom. The summed E-state index contributed by atoms with van der Waals surface area (Å²) < 4.78 is 0. The van der Waals surface area contributed by atoms with E-state index >= 15 is 0 Å². The van der Waals surface area contributed by atoms with Crippen LogP contribution in [0.5, 0.6) is 0 Å². The van der Waals surface area contributed by atoms with Crippen LogP contribution in [0, 0.1) is 11.3 Å². The molecule has 0 bridgehead atoms. The Morgan fingerprint density at radius 2 is 1.74 bits per heavy atom. The van der Waals surface area contributed by atoms with Crippen LogP contribution in [0.3, 0.4) is 0 Å². The Hall–Kier alpha value is -2.08. The van der Waals surface area contributed by atoms with Crippen molar-refractivity contribution in [2.75, 3.05) is 13.1 Å². The van der Waals surface area contributed by atoms with Gasteiger partial charge in [-0.1, -0.05) is 51.4 Å². The zero-order chi connectivity index (χ0) is 23.2. The third-order valence-corrected chi connectivity index (χ3v) is 6.06. The first-order valence-corrected chi connectivity index (χ1v) is 11.5. The number of nitrogens with one attached hydrogen (secondary N) is 2. The lowest BCUT2D eigenvalue weighted by molar-refractivity contribution is -0.134. The first-order chi connectivity index (χ1) is 14.5. The van der Waals surface area contributed by atoms with Crippen LogP contribution >= 0.6 is 11.6 Å². The summed E-state index contributed by atoms with van der Waals surface area (Å²) in [5.41, 5.74) is 0.290. The van der Waals surface area contributed by atoms with Crippen molar-refractivity contribution in [2.24, 2.45) is 11.3 Å². The van der Waals surface area contributed by atoms with Gasteiger partial charge in [-0.05, 0) is 49.7 Å². The summed E-state index contributed by atoms with van der Waals surface area (Å²) in [5, 5.41) is 6.26. The molecule has 1 aromatic carbocycles. The molecular weight excluding hydrogens is 414 g/mol. The maximum Gasteiger partial charge on any atom is 0.253 e. The Kier molecular flexibility index (Phi) is 8.92. The zero-order valence-electron chi connectivity index (χ0n) is 19.3. The molecule has 1 aromatic rings. The monoisotopic (exact) mass is 449 g/mol. The van der Waals surface area contributed by atoms with Crippen molar-refractivity contribution in [2.45, 2.75) is 72.4 Å². The van der Waals surface area contributed by atoms with Crippen LogP contribution < -0.4 is 10.6 Å². The maximum atomic E-state index is 13.0. The number of carbonyl (C=O) groups is 3. The van der Waals surface area contributed by atoms with Crippen molar-refractivity contribution in [3.63, 3.8) is 0 Å². The van der Waals surface area contributed by atoms with E-state index in [1.165, 1.54) is 0 Å². The molecular formula is C24H36ClN3O3. The molecule has 2 rings (SSSR count). The van der Waals surface area contributed by atoms with E-state index in [9.17, 15) is 14.4 Å². The Morgan fingerprint density at radius 3 is 2.29 bits per heavy atom. The molecule has 1 aliphatic rings. The number of hydrogen-bond acceptors (Lipinski definition) is 3. The number of rotatable bonds is 7. The number of amides is 3. The smallest absolute Gasteiger partial charge is 0.253 e. The third kappa shape index (κ3) is 7.53. The average Bonchev–Trinajstić information content (AvgIpc) is 2.70. The lowest BCUT2D eigenvalue weighted by Gasteiger charge is -2.37. The van der Waals surface area contributed by atoms with E-state index in [4.69, 9.17) is 11.6 Å². The van der Waals surface area contributed by atoms with E-state index in [1.807, 2.05) is 18.7 Å². The summed E-state index contributed by atoms with van der Waals surface area (Å²) in [6.45, 7) is 11.3. The number of carbonyl (C=O) groups excluding carboxylic acids is 3. The lowest BCUT2D eigenvalue weighted by atomic mass is 9.87. The van der Waals surface area contributed by atoms with E-state index in [2.05, 4.69) is 31.4 Å². The summed E-state index contributed by atoms with van der Waals surface area (Å²) in [4.78, 5) is 40.3. The molecule has 1 saturated heterocycles. The van der Waals surface area contributed by atoms with Gasteiger partial charge in [0.25, 0.3) is 5.91 Å². The summed E-state index contributed by atoms with van der Waals surface area (Å²) in [7, 11) is 0. The first-order valence-electron chi connectivity index (χ1n) is 11.2. The normalized spacial score (nSPS) is 17.0. The van der Waals surface area contributed by atoms with Gasteiger partial charge < -0.3 is 15.5 Å². The minimum absolute atomic E-state index is 0.0145. The van der Waals surface area contributed by atoms with Gasteiger partial charge in [0.15, 0.2) is 0 Å². The molecule has 6 nitrogen and oxygen atoms in total. The second-order valence-electron chi connectivity index (χ2n) is 9.70. The molecule has 7 heteroatoms. The summed E-state index contributed by atoms with van der Waals surface area (Å²) in [5.74, 6) is -0.448. The molecule has 0 aliphatic carbocycles. The zero-order valence-corrected chi connectivity index (χ0v) is 20.1. The molecule has 1 fully saturated rings. The van der Waals surface area contributed by atoms with Gasteiger partial charge in [-0.2, -0.15) is 0 Å². The van der Waals surface area contributed by atoms with E-state index in [0.717, 1.165) is 6.42 Å². The van der Waals surface area contributed by atoms with Gasteiger partial charge in [-0.25, -0.2) is 0 Å². The second kappa shape index (κ2) is 11.0. The quantitative estimate of drug-likeness (QED) is 0.659. The average molecular weight is 450 g/mol. The Bertz CT molecular complexity index is 783. The number of halogens is 1. The van der Waals surface area contributed by atoms with Crippen molar-refractivity contribution in [1.82, 2.24) is 15.5 Å². The lowest BCUT2D eigenvalue weighted by Crippen LogP contribution is -2.55. The predicted molar refractivity (Wildman–Crippen MR) is 124 cm³/mol. The molecule has 0 aromatic heterocycles. The minimum atomic E-state index is -0.669. The summed E-state index contributed by atoms with van der Waals surface area (Å²) in [6.07, 6.45) is 2.63. The fourth-order valence-electron chi connectivity index (χ4n) is 3.74. The van der Waals surface area contributed by atoms with E-state index < -0.39 is 6.04 Å². The first kappa shape index (κ1) is 25.2. The van der Waals surface area contributed by atoms with Gasteiger partial charge in [0.2, 0.25) is 11.8 Å². The molecule has 1 heterocycles. The number of likely N-dealkylation sites (tertiary alicyclic amines) is 1. The van der Waals surface area contributed by atoms with E-state index in [1.54, 1.807) is 24.3 Å². The van der Waals surface area contributed by atoms with E-state index in [0.29, 0.717) is 42.9 Å². The highest BCUT2D eigenvalue weighted by Gasteiger charge is 2.35. The third-order valence-electron chi connectivity index (χ3n) is 5.73. The molecule has 0 spiro atoms. The largest absolute Gasteiger partial charge is 0.352 e. The molecule has 0 saturated carbocycles. The highest BCUT2D eigenvalue weighted by Crippen LogP contribution is 2.26. The van der Waals surface area contributed by atoms with Crippen LogP contribution in [0.15, 0.2) is 24.3 Å². The molecule has 2 atom stereocenters. The molecule has 31 heavy (non-hydrogen) atoms. The summed E-state index contributed by atoms with van der Waals surface area (Å²) >= 11 is 6.18.